The molecule has 3 N–H and O–H groups in total. The summed E-state index contributed by atoms with van der Waals surface area (Å²) in [6.45, 7) is 7.60. The van der Waals surface area contributed by atoms with Gasteiger partial charge < -0.3 is 11.1 Å². The zero-order chi connectivity index (χ0) is 25.2. The highest BCUT2D eigenvalue weighted by atomic mass is 16.2. The molecule has 2 amide bonds. The van der Waals surface area contributed by atoms with E-state index in [1.165, 1.54) is 18.4 Å². The number of amides is 2. The summed E-state index contributed by atoms with van der Waals surface area (Å²) in [5.74, 6) is -1.36. The highest BCUT2D eigenvalue weighted by Crippen LogP contribution is 2.19. The lowest BCUT2D eigenvalue weighted by atomic mass is 9.98. The Morgan fingerprint density at radius 3 is 2.40 bits per heavy atom. The van der Waals surface area contributed by atoms with Crippen LogP contribution in [0.3, 0.4) is 0 Å². The van der Waals surface area contributed by atoms with Crippen molar-refractivity contribution in [2.75, 3.05) is 13.1 Å². The number of hydrogen-bond acceptors (Lipinski definition) is 4. The van der Waals surface area contributed by atoms with Crippen LogP contribution in [0.4, 0.5) is 0 Å². The first-order chi connectivity index (χ1) is 16.9. The van der Waals surface area contributed by atoms with E-state index in [-0.39, 0.29) is 0 Å². The van der Waals surface area contributed by atoms with E-state index in [2.05, 4.69) is 41.4 Å². The molecular formula is C29H37N3O3. The Balaban J connectivity index is 1.67. The first-order valence-corrected chi connectivity index (χ1v) is 12.6. The van der Waals surface area contributed by atoms with Crippen LogP contribution in [0.5, 0.6) is 0 Å². The number of rotatable bonds is 11. The number of benzene rings is 2. The molecule has 0 aromatic heterocycles. The number of ketones is 1. The maximum Gasteiger partial charge on any atom is 0.287 e. The zero-order valence-corrected chi connectivity index (χ0v) is 20.8. The van der Waals surface area contributed by atoms with Crippen LogP contribution < -0.4 is 11.1 Å². The molecule has 2 aromatic carbocycles. The van der Waals surface area contributed by atoms with Gasteiger partial charge in [0.1, 0.15) is 0 Å². The molecule has 0 radical (unpaired) electrons. The van der Waals surface area contributed by atoms with Crippen LogP contribution in [-0.2, 0) is 16.1 Å². The summed E-state index contributed by atoms with van der Waals surface area (Å²) >= 11 is 0. The Hall–Kier alpha value is -3.25. The Labute approximate surface area is 208 Å². The van der Waals surface area contributed by atoms with Gasteiger partial charge in [0.25, 0.3) is 11.8 Å². The number of Topliss-reactive ketones (excluding diaryl/α,β-unsaturated/α-hetero) is 1. The van der Waals surface area contributed by atoms with Crippen LogP contribution in [0.2, 0.25) is 0 Å². The second-order valence-electron chi connectivity index (χ2n) is 9.52. The number of nitrogens with zero attached hydrogens (tertiary/aromatic N) is 1. The molecule has 1 aliphatic rings. The van der Waals surface area contributed by atoms with Gasteiger partial charge in [-0.1, -0.05) is 81.3 Å². The van der Waals surface area contributed by atoms with E-state index in [4.69, 9.17) is 5.73 Å². The van der Waals surface area contributed by atoms with Crippen molar-refractivity contribution < 1.29 is 14.4 Å². The number of hydrogen-bond donors (Lipinski definition) is 2. The molecular weight excluding hydrogens is 438 g/mol. The molecule has 0 saturated carbocycles. The van der Waals surface area contributed by atoms with Gasteiger partial charge in [-0.3, -0.25) is 19.3 Å². The van der Waals surface area contributed by atoms with Gasteiger partial charge in [0.05, 0.1) is 6.04 Å². The van der Waals surface area contributed by atoms with Crippen molar-refractivity contribution in [1.82, 2.24) is 10.2 Å². The minimum Gasteiger partial charge on any atom is -0.363 e. The maximum atomic E-state index is 13.0. The third kappa shape index (κ3) is 7.89. The minimum absolute atomic E-state index is 0.380. The van der Waals surface area contributed by atoms with Gasteiger partial charge >= 0.3 is 0 Å². The number of carbonyl (C=O) groups excluding carboxylic acids is 3. The standard InChI is InChI=1S/C29H37N3O3/c1-3-4-9-26(27(33)28(30)34)31-29(35)25-8-6-5-7-24(25)15-14-22-10-12-23(13-11-22)20-32-18-16-21(2)17-19-32/h5-8,10-15,21,26H,3-4,9,16-20H2,1-2H3,(H2,30,34)(H,31,35). The van der Waals surface area contributed by atoms with Gasteiger partial charge in [-0.25, -0.2) is 0 Å². The summed E-state index contributed by atoms with van der Waals surface area (Å²) in [6.07, 6.45) is 8.33. The molecule has 1 heterocycles. The number of likely N-dealkylation sites (tertiary alicyclic amines) is 1. The van der Waals surface area contributed by atoms with E-state index in [0.29, 0.717) is 18.4 Å². The summed E-state index contributed by atoms with van der Waals surface area (Å²) in [5.41, 5.74) is 8.70. The van der Waals surface area contributed by atoms with Crippen molar-refractivity contribution in [3.63, 3.8) is 0 Å². The fraction of sp³-hybridized carbons (Fsp3) is 0.414. The molecule has 3 rings (SSSR count). The summed E-state index contributed by atoms with van der Waals surface area (Å²) in [6, 6.07) is 14.8. The lowest BCUT2D eigenvalue weighted by molar-refractivity contribution is -0.137. The molecule has 35 heavy (non-hydrogen) atoms. The average molecular weight is 476 g/mol. The smallest absolute Gasteiger partial charge is 0.287 e. The van der Waals surface area contributed by atoms with Crippen molar-refractivity contribution in [2.24, 2.45) is 11.7 Å². The van der Waals surface area contributed by atoms with Crippen LogP contribution in [0, 0.1) is 5.92 Å². The van der Waals surface area contributed by atoms with Crippen LogP contribution in [-0.4, -0.2) is 41.6 Å². The molecule has 1 unspecified atom stereocenters. The summed E-state index contributed by atoms with van der Waals surface area (Å²) in [5, 5.41) is 2.71. The average Bonchev–Trinajstić information content (AvgIpc) is 2.87. The van der Waals surface area contributed by atoms with Gasteiger partial charge in [0.2, 0.25) is 5.78 Å². The van der Waals surface area contributed by atoms with E-state index in [0.717, 1.165) is 43.1 Å². The van der Waals surface area contributed by atoms with Gasteiger partial charge in [-0.2, -0.15) is 0 Å². The number of primary amides is 1. The minimum atomic E-state index is -1.03. The second-order valence-corrected chi connectivity index (χ2v) is 9.52. The molecule has 2 aromatic rings. The Bertz CT molecular complexity index is 1040. The predicted molar refractivity (Wildman–Crippen MR) is 140 cm³/mol. The molecule has 1 saturated heterocycles. The fourth-order valence-electron chi connectivity index (χ4n) is 4.33. The number of nitrogens with one attached hydrogen (secondary N) is 1. The monoisotopic (exact) mass is 475 g/mol. The van der Waals surface area contributed by atoms with Crippen molar-refractivity contribution in [3.05, 3.63) is 70.8 Å². The predicted octanol–water partition coefficient (Wildman–Crippen LogP) is 4.43. The second kappa shape index (κ2) is 13.0. The van der Waals surface area contributed by atoms with Gasteiger partial charge in [-0.05, 0) is 61.0 Å². The number of piperidine rings is 1. The molecule has 186 valence electrons. The first kappa shape index (κ1) is 26.4. The highest BCUT2D eigenvalue weighted by Gasteiger charge is 2.25. The van der Waals surface area contributed by atoms with Crippen molar-refractivity contribution >= 4 is 29.7 Å². The molecule has 1 aliphatic heterocycles. The topological polar surface area (TPSA) is 92.5 Å². The van der Waals surface area contributed by atoms with E-state index in [1.54, 1.807) is 12.1 Å². The molecule has 1 fully saturated rings. The van der Waals surface area contributed by atoms with E-state index in [9.17, 15) is 14.4 Å². The summed E-state index contributed by atoms with van der Waals surface area (Å²) in [7, 11) is 0. The Morgan fingerprint density at radius 1 is 1.06 bits per heavy atom. The van der Waals surface area contributed by atoms with E-state index in [1.807, 2.05) is 31.2 Å². The largest absolute Gasteiger partial charge is 0.363 e. The highest BCUT2D eigenvalue weighted by molar-refractivity contribution is 6.38. The zero-order valence-electron chi connectivity index (χ0n) is 20.8. The first-order valence-electron chi connectivity index (χ1n) is 12.6. The Kier molecular flexibility index (Phi) is 9.79. The SMILES string of the molecule is CCCCC(NC(=O)c1ccccc1C=Cc1ccc(CN2CCC(C)CC2)cc1)C(=O)C(N)=O. The maximum absolute atomic E-state index is 13.0. The Morgan fingerprint density at radius 2 is 1.74 bits per heavy atom. The molecule has 6 nitrogen and oxygen atoms in total. The lowest BCUT2D eigenvalue weighted by Gasteiger charge is -2.30. The van der Waals surface area contributed by atoms with Gasteiger partial charge in [0.15, 0.2) is 0 Å². The third-order valence-corrected chi connectivity index (χ3v) is 6.63. The third-order valence-electron chi connectivity index (χ3n) is 6.63. The van der Waals surface area contributed by atoms with E-state index >= 15 is 0 Å². The quantitative estimate of drug-likeness (QED) is 0.371. The van der Waals surface area contributed by atoms with E-state index < -0.39 is 23.6 Å². The lowest BCUT2D eigenvalue weighted by Crippen LogP contribution is -2.46. The van der Waals surface area contributed by atoms with Crippen molar-refractivity contribution in [2.45, 2.75) is 58.5 Å². The van der Waals surface area contributed by atoms with Crippen LogP contribution in [0.1, 0.15) is 73.0 Å². The van der Waals surface area contributed by atoms with Crippen molar-refractivity contribution in [1.29, 1.82) is 0 Å². The summed E-state index contributed by atoms with van der Waals surface area (Å²) in [4.78, 5) is 39.1. The van der Waals surface area contributed by atoms with Crippen LogP contribution in [0.15, 0.2) is 48.5 Å². The normalized spacial score (nSPS) is 15.7. The molecule has 6 heteroatoms. The molecule has 0 spiro atoms. The van der Waals surface area contributed by atoms with Crippen LogP contribution >= 0.6 is 0 Å². The van der Waals surface area contributed by atoms with Crippen molar-refractivity contribution in [3.8, 4) is 0 Å². The van der Waals surface area contributed by atoms with Crippen LogP contribution in [0.25, 0.3) is 12.2 Å². The number of nitrogens with two attached hydrogens (primary N) is 1. The molecule has 0 aliphatic carbocycles. The van der Waals surface area contributed by atoms with Gasteiger partial charge in [-0.15, -0.1) is 0 Å². The molecule has 1 atom stereocenters. The summed E-state index contributed by atoms with van der Waals surface area (Å²) < 4.78 is 0. The molecule has 0 bridgehead atoms. The number of carbonyl (C=O) groups is 3. The number of unbranched alkanes of at least 4 members (excludes halogenated alkanes) is 1. The fourth-order valence-corrected chi connectivity index (χ4v) is 4.33. The van der Waals surface area contributed by atoms with Gasteiger partial charge in [0, 0.05) is 12.1 Å².